The number of piperazine rings is 1. The molecule has 3 heterocycles. The largest absolute Gasteiger partial charge is 0.486 e. The van der Waals surface area contributed by atoms with Gasteiger partial charge in [-0.25, -0.2) is 5.53 Å². The summed E-state index contributed by atoms with van der Waals surface area (Å²) in [5.41, 5.74) is 4.05. The van der Waals surface area contributed by atoms with Gasteiger partial charge in [-0.1, -0.05) is 0 Å². The van der Waals surface area contributed by atoms with Crippen molar-refractivity contribution < 1.29 is 9.47 Å². The fourth-order valence-electron chi connectivity index (χ4n) is 2.90. The summed E-state index contributed by atoms with van der Waals surface area (Å²) in [6.07, 6.45) is 3.32. The summed E-state index contributed by atoms with van der Waals surface area (Å²) >= 11 is 0. The molecular weight excluding hydrogens is 296 g/mol. The lowest BCUT2D eigenvalue weighted by molar-refractivity contribution is 0.0854. The van der Waals surface area contributed by atoms with E-state index in [1.54, 1.807) is 17.5 Å². The summed E-state index contributed by atoms with van der Waals surface area (Å²) in [6.45, 7) is 5.87. The van der Waals surface area contributed by atoms with Crippen molar-refractivity contribution in [1.82, 2.24) is 15.6 Å². The Morgan fingerprint density at radius 2 is 1.83 bits per heavy atom. The number of anilines is 1. The fourth-order valence-corrected chi connectivity index (χ4v) is 2.90. The highest BCUT2D eigenvalue weighted by molar-refractivity contribution is 6.16. The van der Waals surface area contributed by atoms with Gasteiger partial charge in [0.2, 0.25) is 0 Å². The monoisotopic (exact) mass is 316 g/mol. The maximum atomic E-state index is 5.67. The van der Waals surface area contributed by atoms with Gasteiger partial charge in [0.15, 0.2) is 11.5 Å². The molecule has 0 spiro atoms. The molecule has 3 aliphatic rings. The summed E-state index contributed by atoms with van der Waals surface area (Å²) in [5.74, 6) is 1.69. The normalized spacial score (nSPS) is 20.5. The quantitative estimate of drug-likeness (QED) is 0.867. The zero-order valence-electron chi connectivity index (χ0n) is 12.9. The third kappa shape index (κ3) is 3.16. The molecule has 1 N–H and O–H groups in total. The molecule has 1 fully saturated rings. The van der Waals surface area contributed by atoms with E-state index >= 15 is 0 Å². The lowest BCUT2D eigenvalue weighted by atomic mass is 10.2. The first-order chi connectivity index (χ1) is 11.4. The number of hydrogen-bond acceptors (Lipinski definition) is 8. The smallest absolute Gasteiger partial charge is 0.163 e. The van der Waals surface area contributed by atoms with Crippen LogP contribution in [0, 0.1) is 0 Å². The Bertz CT molecular complexity index is 612. The van der Waals surface area contributed by atoms with Crippen LogP contribution >= 0.6 is 0 Å². The van der Waals surface area contributed by atoms with Gasteiger partial charge in [-0.2, -0.15) is 15.3 Å². The molecule has 0 unspecified atom stereocenters. The minimum Gasteiger partial charge on any atom is -0.486 e. The molecule has 0 amide bonds. The molecule has 4 rings (SSSR count). The van der Waals surface area contributed by atoms with Gasteiger partial charge in [-0.3, -0.25) is 4.90 Å². The summed E-state index contributed by atoms with van der Waals surface area (Å²) in [4.78, 5) is 4.72. The van der Waals surface area contributed by atoms with Crippen molar-refractivity contribution in [2.75, 3.05) is 51.0 Å². The van der Waals surface area contributed by atoms with Gasteiger partial charge in [0, 0.05) is 37.9 Å². The van der Waals surface area contributed by atoms with Gasteiger partial charge in [-0.05, 0) is 12.1 Å². The molecule has 0 aromatic heterocycles. The highest BCUT2D eigenvalue weighted by Gasteiger charge is 2.21. The third-order valence-corrected chi connectivity index (χ3v) is 4.12. The van der Waals surface area contributed by atoms with Gasteiger partial charge >= 0.3 is 0 Å². The summed E-state index contributed by atoms with van der Waals surface area (Å²) in [6, 6.07) is 6.18. The molecule has 122 valence electrons. The van der Waals surface area contributed by atoms with Gasteiger partial charge in [0.25, 0.3) is 0 Å². The van der Waals surface area contributed by atoms with Crippen LogP contribution in [0.3, 0.4) is 0 Å². The molecular formula is C15H20N6O2. The van der Waals surface area contributed by atoms with Crippen LogP contribution in [0.1, 0.15) is 0 Å². The van der Waals surface area contributed by atoms with Crippen LogP contribution in [0.15, 0.2) is 28.4 Å². The Kier molecular flexibility index (Phi) is 3.89. The number of nitrogens with one attached hydrogen (secondary N) is 1. The number of nitrogens with zero attached hydrogens (tertiary/aromatic N) is 5. The number of hydrogen-bond donors (Lipinski definition) is 1. The Hall–Kier alpha value is -2.48. The zero-order chi connectivity index (χ0) is 15.5. The van der Waals surface area contributed by atoms with Crippen molar-refractivity contribution in [2.24, 2.45) is 10.2 Å². The highest BCUT2D eigenvalue weighted by Crippen LogP contribution is 2.34. The number of hydrazone groups is 2. The maximum Gasteiger partial charge on any atom is 0.163 e. The van der Waals surface area contributed by atoms with Crippen LogP contribution in [0.5, 0.6) is 11.5 Å². The van der Waals surface area contributed by atoms with Gasteiger partial charge in [0.1, 0.15) is 19.9 Å². The lowest BCUT2D eigenvalue weighted by Gasteiger charge is -2.37. The second-order valence-corrected chi connectivity index (χ2v) is 5.62. The first-order valence-corrected chi connectivity index (χ1v) is 7.84. The molecule has 8 nitrogen and oxygen atoms in total. The Balaban J connectivity index is 1.34. The molecule has 3 aliphatic heterocycles. The second kappa shape index (κ2) is 6.33. The molecule has 8 heteroatoms. The van der Waals surface area contributed by atoms with Crippen LogP contribution in [-0.4, -0.2) is 68.5 Å². The van der Waals surface area contributed by atoms with E-state index in [1.165, 1.54) is 5.69 Å². The van der Waals surface area contributed by atoms with Crippen molar-refractivity contribution in [2.45, 2.75) is 0 Å². The molecule has 0 aliphatic carbocycles. The fraction of sp³-hybridized carbons (Fsp3) is 0.467. The Morgan fingerprint density at radius 1 is 1.00 bits per heavy atom. The van der Waals surface area contributed by atoms with Crippen LogP contribution < -0.4 is 19.9 Å². The van der Waals surface area contributed by atoms with E-state index in [2.05, 4.69) is 37.7 Å². The predicted octanol–water partition coefficient (Wildman–Crippen LogP) is 0.329. The molecule has 1 saturated heterocycles. The van der Waals surface area contributed by atoms with E-state index in [4.69, 9.17) is 9.47 Å². The zero-order valence-corrected chi connectivity index (χ0v) is 12.9. The molecule has 1 aromatic carbocycles. The summed E-state index contributed by atoms with van der Waals surface area (Å²) in [7, 11) is 0. The Morgan fingerprint density at radius 3 is 2.61 bits per heavy atom. The summed E-state index contributed by atoms with van der Waals surface area (Å²) in [5, 5.41) is 9.91. The molecule has 0 radical (unpaired) electrons. The standard InChI is InChI=1S/C15H20N6O2/c1-2-14-15(23-10-9-22-14)11-13(1)20-7-5-19(6-8-20)12-21-17-4-3-16-18-21/h1-4,11,18H,5-10,12H2. The van der Waals surface area contributed by atoms with Crippen molar-refractivity contribution in [1.29, 1.82) is 0 Å². The van der Waals surface area contributed by atoms with E-state index in [-0.39, 0.29) is 0 Å². The van der Waals surface area contributed by atoms with E-state index in [9.17, 15) is 0 Å². The van der Waals surface area contributed by atoms with Crippen molar-refractivity contribution in [3.8, 4) is 11.5 Å². The number of rotatable bonds is 3. The van der Waals surface area contributed by atoms with Crippen molar-refractivity contribution in [3.05, 3.63) is 18.2 Å². The first kappa shape index (κ1) is 14.1. The van der Waals surface area contributed by atoms with Crippen molar-refractivity contribution >= 4 is 18.1 Å². The minimum absolute atomic E-state index is 0.621. The Labute approximate surface area is 134 Å². The van der Waals surface area contributed by atoms with Crippen molar-refractivity contribution in [3.63, 3.8) is 0 Å². The topological polar surface area (TPSA) is 64.9 Å². The average Bonchev–Trinajstić information content (AvgIpc) is 2.63. The molecule has 23 heavy (non-hydrogen) atoms. The summed E-state index contributed by atoms with van der Waals surface area (Å²) < 4.78 is 11.2. The molecule has 1 aromatic rings. The number of hydrazine groups is 1. The maximum absolute atomic E-state index is 5.67. The van der Waals surface area contributed by atoms with Gasteiger partial charge in [0.05, 0.1) is 12.4 Å². The van der Waals surface area contributed by atoms with E-state index in [0.29, 0.717) is 13.2 Å². The van der Waals surface area contributed by atoms with E-state index < -0.39 is 0 Å². The SMILES string of the molecule is C1=NNN(CN2CCN(c3ccc4c(c3)OCCO4)CC2)N=C1. The van der Waals surface area contributed by atoms with E-state index in [1.807, 2.05) is 6.07 Å². The highest BCUT2D eigenvalue weighted by atomic mass is 16.6. The predicted molar refractivity (Wildman–Crippen MR) is 88.0 cm³/mol. The lowest BCUT2D eigenvalue weighted by Crippen LogP contribution is -2.51. The number of fused-ring (bicyclic) bond motifs is 1. The van der Waals surface area contributed by atoms with Crippen LogP contribution in [0.2, 0.25) is 0 Å². The van der Waals surface area contributed by atoms with Crippen LogP contribution in [0.4, 0.5) is 5.69 Å². The van der Waals surface area contributed by atoms with Crippen LogP contribution in [0.25, 0.3) is 0 Å². The molecule has 0 saturated carbocycles. The average molecular weight is 316 g/mol. The van der Waals surface area contributed by atoms with Gasteiger partial charge in [-0.15, -0.1) is 0 Å². The molecule has 0 bridgehead atoms. The number of benzene rings is 1. The first-order valence-electron chi connectivity index (χ1n) is 7.84. The number of ether oxygens (including phenoxy) is 2. The second-order valence-electron chi connectivity index (χ2n) is 5.62. The van der Waals surface area contributed by atoms with E-state index in [0.717, 1.165) is 44.3 Å². The molecule has 0 atom stereocenters. The third-order valence-electron chi connectivity index (χ3n) is 4.12. The minimum atomic E-state index is 0.621. The van der Waals surface area contributed by atoms with Crippen LogP contribution in [-0.2, 0) is 0 Å². The van der Waals surface area contributed by atoms with Gasteiger partial charge < -0.3 is 14.4 Å².